The van der Waals surface area contributed by atoms with Gasteiger partial charge in [0.05, 0.1) is 19.8 Å². The monoisotopic (exact) mass is 836 g/mol. The number of likely N-dealkylation sites (tertiary alicyclic amines) is 1. The highest BCUT2D eigenvalue weighted by Crippen LogP contribution is 2.21. The molecular formula is C49H93N3O7. The Bertz CT molecular complexity index is 1030. The zero-order valence-electron chi connectivity index (χ0n) is 39.2. The number of carbonyl (C=O) groups is 4. The summed E-state index contributed by atoms with van der Waals surface area (Å²) in [6.45, 7) is 9.36. The minimum Gasteiger partial charge on any atom is -0.465 e. The molecule has 59 heavy (non-hydrogen) atoms. The van der Waals surface area contributed by atoms with Crippen LogP contribution in [0, 0.1) is 5.92 Å². The Morgan fingerprint density at radius 3 is 1.58 bits per heavy atom. The molecule has 0 radical (unpaired) electrons. The van der Waals surface area contributed by atoms with E-state index in [0.717, 1.165) is 51.4 Å². The molecule has 0 aliphatic carbocycles. The van der Waals surface area contributed by atoms with E-state index in [0.29, 0.717) is 71.0 Å². The van der Waals surface area contributed by atoms with Crippen LogP contribution in [0.1, 0.15) is 220 Å². The van der Waals surface area contributed by atoms with E-state index in [-0.39, 0.29) is 24.5 Å². The first-order valence-electron chi connectivity index (χ1n) is 24.9. The average molecular weight is 836 g/mol. The number of hydrogen-bond donors (Lipinski definition) is 0. The fourth-order valence-electron chi connectivity index (χ4n) is 7.97. The first kappa shape index (κ1) is 54.7. The van der Waals surface area contributed by atoms with Crippen LogP contribution in [0.5, 0.6) is 0 Å². The zero-order valence-corrected chi connectivity index (χ0v) is 39.2. The quantitative estimate of drug-likeness (QED) is 0.0342. The summed E-state index contributed by atoms with van der Waals surface area (Å²) in [6.07, 6.45) is 33.8. The maximum Gasteiger partial charge on any atom is 0.410 e. The number of esters is 2. The number of amides is 2. The van der Waals surface area contributed by atoms with Crippen molar-refractivity contribution in [2.24, 2.45) is 5.92 Å². The third-order valence-corrected chi connectivity index (χ3v) is 11.8. The van der Waals surface area contributed by atoms with Crippen molar-refractivity contribution in [3.63, 3.8) is 0 Å². The van der Waals surface area contributed by atoms with Crippen LogP contribution in [0.25, 0.3) is 0 Å². The normalized spacial score (nSPS) is 13.8. The van der Waals surface area contributed by atoms with Crippen LogP contribution in [0.15, 0.2) is 0 Å². The van der Waals surface area contributed by atoms with Gasteiger partial charge in [-0.15, -0.1) is 0 Å². The summed E-state index contributed by atoms with van der Waals surface area (Å²) in [6, 6.07) is 0. The maximum absolute atomic E-state index is 13.4. The Labute approximate surface area is 363 Å². The molecule has 0 aromatic rings. The predicted molar refractivity (Wildman–Crippen MR) is 243 cm³/mol. The highest BCUT2D eigenvalue weighted by Gasteiger charge is 2.28. The second-order valence-electron chi connectivity index (χ2n) is 17.9. The van der Waals surface area contributed by atoms with Crippen LogP contribution >= 0.6 is 0 Å². The largest absolute Gasteiger partial charge is 0.465 e. The molecule has 10 nitrogen and oxygen atoms in total. The molecule has 0 aromatic carbocycles. The van der Waals surface area contributed by atoms with E-state index in [9.17, 15) is 19.2 Å². The van der Waals surface area contributed by atoms with Gasteiger partial charge < -0.3 is 24.0 Å². The lowest BCUT2D eigenvalue weighted by Gasteiger charge is -2.33. The van der Waals surface area contributed by atoms with Gasteiger partial charge in [-0.25, -0.2) is 4.79 Å². The Kier molecular flexibility index (Phi) is 35.7. The molecule has 0 bridgehead atoms. The number of nitrogens with zero attached hydrogens (tertiary/aromatic N) is 3. The fraction of sp³-hybridized carbons (Fsp3) is 0.918. The lowest BCUT2D eigenvalue weighted by Crippen LogP contribution is -2.46. The maximum atomic E-state index is 13.4. The molecule has 346 valence electrons. The second-order valence-corrected chi connectivity index (χ2v) is 17.9. The summed E-state index contributed by atoms with van der Waals surface area (Å²) in [5.41, 5.74) is 0. The molecule has 2 amide bonds. The van der Waals surface area contributed by atoms with Gasteiger partial charge in [0.1, 0.15) is 12.6 Å². The van der Waals surface area contributed by atoms with Crippen molar-refractivity contribution in [1.29, 1.82) is 0 Å². The van der Waals surface area contributed by atoms with Gasteiger partial charge in [0.15, 0.2) is 0 Å². The molecule has 1 aliphatic rings. The second kappa shape index (κ2) is 38.6. The van der Waals surface area contributed by atoms with Crippen molar-refractivity contribution in [3.05, 3.63) is 0 Å². The summed E-state index contributed by atoms with van der Waals surface area (Å²) in [5.74, 6) is 0.0252. The molecule has 1 fully saturated rings. The van der Waals surface area contributed by atoms with Crippen LogP contribution in [-0.4, -0.2) is 105 Å². The summed E-state index contributed by atoms with van der Waals surface area (Å²) in [4.78, 5) is 56.7. The number of likely N-dealkylation sites (N-methyl/N-ethyl adjacent to an activating group) is 1. The average Bonchev–Trinajstić information content (AvgIpc) is 3.21. The number of unbranched alkanes of at least 4 members (excludes halogenated alkanes) is 22. The van der Waals surface area contributed by atoms with Crippen molar-refractivity contribution >= 4 is 23.9 Å². The number of carbonyl (C=O) groups excluding carboxylic acids is 4. The van der Waals surface area contributed by atoms with Gasteiger partial charge in [0.2, 0.25) is 5.91 Å². The minimum atomic E-state index is -0.501. The van der Waals surface area contributed by atoms with Crippen molar-refractivity contribution in [3.8, 4) is 0 Å². The van der Waals surface area contributed by atoms with Crippen LogP contribution in [0.3, 0.4) is 0 Å². The topological polar surface area (TPSA) is 106 Å². The smallest absolute Gasteiger partial charge is 0.410 e. The lowest BCUT2D eigenvalue weighted by molar-refractivity contribution is -0.146. The van der Waals surface area contributed by atoms with Crippen LogP contribution < -0.4 is 0 Å². The number of hydrogen-bond acceptors (Lipinski definition) is 8. The number of rotatable bonds is 39. The van der Waals surface area contributed by atoms with E-state index in [1.165, 1.54) is 127 Å². The third kappa shape index (κ3) is 32.1. The van der Waals surface area contributed by atoms with Crippen LogP contribution in [0.2, 0.25) is 0 Å². The molecule has 1 heterocycles. The number of piperidine rings is 1. The molecule has 1 unspecified atom stereocenters. The van der Waals surface area contributed by atoms with Crippen molar-refractivity contribution < 1.29 is 33.4 Å². The van der Waals surface area contributed by atoms with Gasteiger partial charge in [-0.05, 0) is 52.1 Å². The predicted octanol–water partition coefficient (Wildman–Crippen LogP) is 12.1. The molecule has 1 saturated heterocycles. The summed E-state index contributed by atoms with van der Waals surface area (Å²) in [5, 5.41) is 0. The number of ether oxygens (including phenoxy) is 3. The van der Waals surface area contributed by atoms with Gasteiger partial charge in [0, 0.05) is 38.9 Å². The molecule has 10 heteroatoms. The first-order valence-corrected chi connectivity index (χ1v) is 24.9. The van der Waals surface area contributed by atoms with E-state index in [2.05, 4.69) is 20.8 Å². The first-order chi connectivity index (χ1) is 28.7. The fourth-order valence-corrected chi connectivity index (χ4v) is 7.97. The summed E-state index contributed by atoms with van der Waals surface area (Å²) >= 11 is 0. The molecule has 1 aliphatic heterocycles. The third-order valence-electron chi connectivity index (χ3n) is 11.8. The molecule has 0 N–H and O–H groups in total. The molecule has 0 saturated carbocycles. The molecular weight excluding hydrogens is 743 g/mol. The Balaban J connectivity index is 2.49. The zero-order chi connectivity index (χ0) is 43.2. The van der Waals surface area contributed by atoms with E-state index in [1.54, 1.807) is 0 Å². The summed E-state index contributed by atoms with van der Waals surface area (Å²) in [7, 11) is 3.76. The molecule has 0 spiro atoms. The Morgan fingerprint density at radius 2 is 1.03 bits per heavy atom. The minimum absolute atomic E-state index is 0.0797. The van der Waals surface area contributed by atoms with Gasteiger partial charge in [0.25, 0.3) is 0 Å². The van der Waals surface area contributed by atoms with E-state index < -0.39 is 12.1 Å². The van der Waals surface area contributed by atoms with E-state index in [1.807, 2.05) is 23.9 Å². The van der Waals surface area contributed by atoms with Gasteiger partial charge in [-0.3, -0.25) is 19.3 Å². The van der Waals surface area contributed by atoms with Gasteiger partial charge in [-0.1, -0.05) is 168 Å². The highest BCUT2D eigenvalue weighted by molar-refractivity contribution is 5.79. The van der Waals surface area contributed by atoms with E-state index in [4.69, 9.17) is 14.2 Å². The van der Waals surface area contributed by atoms with Crippen LogP contribution in [-0.2, 0) is 28.6 Å². The van der Waals surface area contributed by atoms with Crippen molar-refractivity contribution in [2.45, 2.75) is 226 Å². The standard InChI is InChI=1S/C49H93N3O7/c1-6-9-12-15-17-18-19-20-21-22-26-31-40-57-48(55)42-52(49(56)59-45-35-38-51(39-36-45)46(53)41-50(4)5)37-30-25-24-29-34-47(54)58-43-44(32-27-14-11-8-3)33-28-23-16-13-10-7-2/h44-45H,6-43H2,1-5H3. The lowest BCUT2D eigenvalue weighted by atomic mass is 9.95. The SMILES string of the molecule is CCCCCCCCCCCCCCOC(=O)CN(CCCCCCC(=O)OCC(CCCCCC)CCCCCCCC)C(=O)OC1CCN(C(=O)CN(C)C)CC1. The molecule has 1 atom stereocenters. The van der Waals surface area contributed by atoms with Gasteiger partial charge >= 0.3 is 18.0 Å². The van der Waals surface area contributed by atoms with Crippen LogP contribution in [0.4, 0.5) is 4.79 Å². The van der Waals surface area contributed by atoms with E-state index >= 15 is 0 Å². The molecule has 1 rings (SSSR count). The Hall–Kier alpha value is -2.36. The highest BCUT2D eigenvalue weighted by atomic mass is 16.6. The van der Waals surface area contributed by atoms with Crippen molar-refractivity contribution in [2.75, 3.05) is 60.0 Å². The van der Waals surface area contributed by atoms with Gasteiger partial charge in [-0.2, -0.15) is 0 Å². The summed E-state index contributed by atoms with van der Waals surface area (Å²) < 4.78 is 17.3. The Morgan fingerprint density at radius 1 is 0.559 bits per heavy atom. The molecule has 0 aromatic heterocycles. The van der Waals surface area contributed by atoms with Crippen molar-refractivity contribution in [1.82, 2.24) is 14.7 Å².